The van der Waals surface area contributed by atoms with Gasteiger partial charge in [0.25, 0.3) is 0 Å². The van der Waals surface area contributed by atoms with Crippen LogP contribution in [0.1, 0.15) is 37.5 Å². The summed E-state index contributed by atoms with van der Waals surface area (Å²) in [4.78, 5) is 12.2. The molecule has 1 aliphatic heterocycles. The Bertz CT molecular complexity index is 502. The molecule has 2 fully saturated rings. The monoisotopic (exact) mass is 290 g/mol. The van der Waals surface area contributed by atoms with E-state index in [4.69, 9.17) is 15.2 Å². The van der Waals surface area contributed by atoms with Gasteiger partial charge in [-0.25, -0.2) is 0 Å². The van der Waals surface area contributed by atoms with Crippen LogP contribution in [0.4, 0.5) is 5.69 Å². The zero-order valence-corrected chi connectivity index (χ0v) is 12.1. The maximum Gasteiger partial charge on any atom is 0.224 e. The van der Waals surface area contributed by atoms with Crippen molar-refractivity contribution in [2.45, 2.75) is 32.0 Å². The van der Waals surface area contributed by atoms with Gasteiger partial charge in [-0.3, -0.25) is 4.79 Å². The molecule has 5 nitrogen and oxygen atoms in total. The van der Waals surface area contributed by atoms with Gasteiger partial charge >= 0.3 is 0 Å². The van der Waals surface area contributed by atoms with Gasteiger partial charge < -0.3 is 20.5 Å². The number of amides is 1. The maximum absolute atomic E-state index is 12.2. The second kappa shape index (κ2) is 6.13. The zero-order chi connectivity index (χ0) is 14.7. The van der Waals surface area contributed by atoms with E-state index in [9.17, 15) is 4.79 Å². The van der Waals surface area contributed by atoms with Gasteiger partial charge in [0, 0.05) is 17.7 Å². The summed E-state index contributed by atoms with van der Waals surface area (Å²) in [5, 5.41) is 2.96. The van der Waals surface area contributed by atoms with Crippen LogP contribution in [0.25, 0.3) is 0 Å². The highest BCUT2D eigenvalue weighted by molar-refractivity contribution is 5.91. The van der Waals surface area contributed by atoms with Gasteiger partial charge in [0.1, 0.15) is 0 Å². The molecule has 0 spiro atoms. The van der Waals surface area contributed by atoms with E-state index >= 15 is 0 Å². The summed E-state index contributed by atoms with van der Waals surface area (Å²) in [7, 11) is 0. The Labute approximate surface area is 124 Å². The Morgan fingerprint density at radius 2 is 2.10 bits per heavy atom. The Morgan fingerprint density at radius 1 is 1.33 bits per heavy atom. The minimum absolute atomic E-state index is 0.0272. The first-order chi connectivity index (χ1) is 10.2. The van der Waals surface area contributed by atoms with Gasteiger partial charge in [0.15, 0.2) is 6.29 Å². The molecule has 2 aliphatic rings. The molecular formula is C16H22N2O3. The van der Waals surface area contributed by atoms with Gasteiger partial charge in [-0.1, -0.05) is 18.6 Å². The van der Waals surface area contributed by atoms with Crippen molar-refractivity contribution < 1.29 is 14.3 Å². The summed E-state index contributed by atoms with van der Waals surface area (Å²) in [6.45, 7) is 1.81. The van der Waals surface area contributed by atoms with E-state index in [1.54, 1.807) is 0 Å². The summed E-state index contributed by atoms with van der Waals surface area (Å²) in [6, 6.07) is 7.63. The molecule has 0 radical (unpaired) electrons. The highest BCUT2D eigenvalue weighted by Gasteiger charge is 2.37. The van der Waals surface area contributed by atoms with E-state index in [2.05, 4.69) is 5.32 Å². The summed E-state index contributed by atoms with van der Waals surface area (Å²) in [5.74, 6) is 0.0329. The van der Waals surface area contributed by atoms with Crippen molar-refractivity contribution in [1.82, 2.24) is 0 Å². The second-order valence-electron chi connectivity index (χ2n) is 5.98. The van der Waals surface area contributed by atoms with Crippen molar-refractivity contribution in [2.24, 2.45) is 11.1 Å². The number of nitrogens with two attached hydrogens (primary N) is 1. The molecule has 1 heterocycles. The van der Waals surface area contributed by atoms with E-state index < -0.39 is 0 Å². The molecule has 5 heteroatoms. The molecule has 3 rings (SSSR count). The fourth-order valence-electron chi connectivity index (χ4n) is 2.99. The number of hydrogen-bond acceptors (Lipinski definition) is 4. The first kappa shape index (κ1) is 14.5. The lowest BCUT2D eigenvalue weighted by atomic mass is 9.66. The lowest BCUT2D eigenvalue weighted by Crippen LogP contribution is -2.40. The number of ether oxygens (including phenoxy) is 2. The van der Waals surface area contributed by atoms with Crippen LogP contribution >= 0.6 is 0 Å². The summed E-state index contributed by atoms with van der Waals surface area (Å²) >= 11 is 0. The number of carbonyl (C=O) groups excluding carboxylic acids is 1. The van der Waals surface area contributed by atoms with Crippen LogP contribution in [-0.2, 0) is 14.3 Å². The van der Waals surface area contributed by atoms with E-state index in [1.165, 1.54) is 6.42 Å². The Kier molecular flexibility index (Phi) is 4.24. The van der Waals surface area contributed by atoms with Gasteiger partial charge in [0.05, 0.1) is 13.2 Å². The number of benzene rings is 1. The Balaban J connectivity index is 1.61. The number of carbonyl (C=O) groups is 1. The van der Waals surface area contributed by atoms with E-state index in [-0.39, 0.29) is 17.6 Å². The third kappa shape index (κ3) is 3.26. The predicted octanol–water partition coefficient (Wildman–Crippen LogP) is 2.19. The average Bonchev–Trinajstić information content (AvgIpc) is 2.97. The van der Waals surface area contributed by atoms with E-state index in [1.807, 2.05) is 24.3 Å². The fraction of sp³-hybridized carbons (Fsp3) is 0.562. The van der Waals surface area contributed by atoms with Gasteiger partial charge in [0.2, 0.25) is 5.91 Å². The first-order valence-corrected chi connectivity index (χ1v) is 7.54. The number of nitrogens with one attached hydrogen (secondary N) is 1. The van der Waals surface area contributed by atoms with Crippen molar-refractivity contribution in [1.29, 1.82) is 0 Å². The van der Waals surface area contributed by atoms with Crippen LogP contribution in [0, 0.1) is 5.41 Å². The minimum atomic E-state index is -0.316. The molecule has 0 bridgehead atoms. The summed E-state index contributed by atoms with van der Waals surface area (Å²) < 4.78 is 10.9. The van der Waals surface area contributed by atoms with Crippen molar-refractivity contribution in [3.05, 3.63) is 29.8 Å². The topological polar surface area (TPSA) is 73.6 Å². The fourth-order valence-corrected chi connectivity index (χ4v) is 2.99. The van der Waals surface area contributed by atoms with Crippen molar-refractivity contribution in [2.75, 3.05) is 25.1 Å². The standard InChI is InChI=1S/C16H22N2O3/c17-11-16(5-2-6-16)10-14(19)18-13-4-1-3-12(9-13)15-20-7-8-21-15/h1,3-4,9,15H,2,5-8,10-11,17H2,(H,18,19). The number of rotatable bonds is 5. The van der Waals surface area contributed by atoms with Crippen molar-refractivity contribution in [3.8, 4) is 0 Å². The molecule has 1 saturated heterocycles. The van der Waals surface area contributed by atoms with E-state index in [0.29, 0.717) is 26.2 Å². The predicted molar refractivity (Wildman–Crippen MR) is 79.7 cm³/mol. The Morgan fingerprint density at radius 3 is 2.71 bits per heavy atom. The first-order valence-electron chi connectivity index (χ1n) is 7.54. The van der Waals surface area contributed by atoms with Crippen LogP contribution in [-0.4, -0.2) is 25.7 Å². The average molecular weight is 290 g/mol. The second-order valence-corrected chi connectivity index (χ2v) is 5.98. The van der Waals surface area contributed by atoms with E-state index in [0.717, 1.165) is 24.1 Å². The molecule has 21 heavy (non-hydrogen) atoms. The van der Waals surface area contributed by atoms with Gasteiger partial charge in [-0.2, -0.15) is 0 Å². The molecule has 1 aromatic rings. The molecule has 114 valence electrons. The van der Waals surface area contributed by atoms with Crippen molar-refractivity contribution in [3.63, 3.8) is 0 Å². The summed E-state index contributed by atoms with van der Waals surface area (Å²) in [5.41, 5.74) is 7.54. The largest absolute Gasteiger partial charge is 0.346 e. The molecule has 0 aromatic heterocycles. The highest BCUT2D eigenvalue weighted by Crippen LogP contribution is 2.43. The Hall–Kier alpha value is -1.43. The number of hydrogen-bond donors (Lipinski definition) is 2. The van der Waals surface area contributed by atoms with Gasteiger partial charge in [-0.15, -0.1) is 0 Å². The highest BCUT2D eigenvalue weighted by atomic mass is 16.7. The third-order valence-electron chi connectivity index (χ3n) is 4.45. The smallest absolute Gasteiger partial charge is 0.224 e. The SMILES string of the molecule is NCC1(CC(=O)Nc2cccc(C3OCCO3)c2)CCC1. The molecule has 0 unspecified atom stereocenters. The minimum Gasteiger partial charge on any atom is -0.346 e. The third-order valence-corrected chi connectivity index (χ3v) is 4.45. The molecule has 0 atom stereocenters. The normalized spacial score (nSPS) is 21.0. The summed E-state index contributed by atoms with van der Waals surface area (Å²) in [6.07, 6.45) is 3.48. The lowest BCUT2D eigenvalue weighted by Gasteiger charge is -2.40. The zero-order valence-electron chi connectivity index (χ0n) is 12.1. The molecule has 1 amide bonds. The molecule has 1 saturated carbocycles. The maximum atomic E-state index is 12.2. The molecule has 3 N–H and O–H groups in total. The van der Waals surface area contributed by atoms with Crippen LogP contribution in [0.5, 0.6) is 0 Å². The van der Waals surface area contributed by atoms with Crippen LogP contribution in [0.15, 0.2) is 24.3 Å². The molecule has 1 aliphatic carbocycles. The van der Waals surface area contributed by atoms with Gasteiger partial charge in [-0.05, 0) is 36.9 Å². The van der Waals surface area contributed by atoms with Crippen LogP contribution in [0.2, 0.25) is 0 Å². The molecule has 1 aromatic carbocycles. The molecular weight excluding hydrogens is 268 g/mol. The quantitative estimate of drug-likeness (QED) is 0.872. The lowest BCUT2D eigenvalue weighted by molar-refractivity contribution is -0.119. The van der Waals surface area contributed by atoms with Crippen molar-refractivity contribution >= 4 is 11.6 Å². The van der Waals surface area contributed by atoms with Crippen LogP contribution < -0.4 is 11.1 Å². The number of anilines is 1. The van der Waals surface area contributed by atoms with Crippen LogP contribution in [0.3, 0.4) is 0 Å².